The zero-order chi connectivity index (χ0) is 17.9. The van der Waals surface area contributed by atoms with Gasteiger partial charge in [0.2, 0.25) is 0 Å². The summed E-state index contributed by atoms with van der Waals surface area (Å²) in [5.74, 6) is 0. The lowest BCUT2D eigenvalue weighted by atomic mass is 9.79. The molecule has 0 saturated carbocycles. The van der Waals surface area contributed by atoms with Gasteiger partial charge in [0, 0.05) is 5.41 Å². The molecule has 0 aromatic heterocycles. The monoisotopic (exact) mass is 450 g/mol. The van der Waals surface area contributed by atoms with E-state index < -0.39 is 0 Å². The molecule has 0 bridgehead atoms. The van der Waals surface area contributed by atoms with Gasteiger partial charge in [-0.25, -0.2) is 0 Å². The molecule has 0 radical (unpaired) electrons. The van der Waals surface area contributed by atoms with Crippen molar-refractivity contribution in [1.29, 1.82) is 0 Å². The molecule has 3 aliphatic carbocycles. The lowest BCUT2D eigenvalue weighted by Crippen LogP contribution is -2.31. The Morgan fingerprint density at radius 2 is 1.69 bits per heavy atom. The Morgan fingerprint density at radius 1 is 0.885 bits per heavy atom. The van der Waals surface area contributed by atoms with Crippen molar-refractivity contribution in [3.63, 3.8) is 0 Å². The maximum atomic E-state index is 2.52. The summed E-state index contributed by atoms with van der Waals surface area (Å²) in [6, 6.07) is 16.2. The number of hydrogen-bond acceptors (Lipinski definition) is 0. The van der Waals surface area contributed by atoms with Crippen LogP contribution in [-0.4, -0.2) is 0 Å². The second-order valence-electron chi connectivity index (χ2n) is 8.15. The van der Waals surface area contributed by atoms with Crippen LogP contribution in [0.15, 0.2) is 60.2 Å². The van der Waals surface area contributed by atoms with E-state index in [-0.39, 0.29) is 5.41 Å². The summed E-state index contributed by atoms with van der Waals surface area (Å²) in [4.78, 5) is 0. The molecule has 1 heteroatoms. The first-order chi connectivity index (χ1) is 12.6. The second kappa shape index (κ2) is 5.95. The molecule has 0 atom stereocenters. The van der Waals surface area contributed by atoms with Crippen LogP contribution in [0.3, 0.4) is 0 Å². The van der Waals surface area contributed by atoms with Crippen LogP contribution in [0, 0.1) is 0 Å². The van der Waals surface area contributed by atoms with Gasteiger partial charge in [0.15, 0.2) is 0 Å². The van der Waals surface area contributed by atoms with Crippen LogP contribution < -0.4 is 10.4 Å². The SMILES string of the molecule is CC1(C)C2=C(CCC=C2)c2ccc(C3=c4ccccc4=C(I)CC3)cc21. The molecule has 5 rings (SSSR count). The van der Waals surface area contributed by atoms with E-state index in [0.717, 1.165) is 12.8 Å². The predicted octanol–water partition coefficient (Wildman–Crippen LogP) is 5.62. The Labute approximate surface area is 169 Å². The highest BCUT2D eigenvalue weighted by Gasteiger charge is 2.37. The van der Waals surface area contributed by atoms with Crippen molar-refractivity contribution in [3.05, 3.63) is 87.3 Å². The average molecular weight is 450 g/mol. The van der Waals surface area contributed by atoms with E-state index in [1.807, 2.05) is 0 Å². The quantitative estimate of drug-likeness (QED) is 0.495. The molecule has 26 heavy (non-hydrogen) atoms. The van der Waals surface area contributed by atoms with Crippen molar-refractivity contribution in [3.8, 4) is 0 Å². The fraction of sp³-hybridized carbons (Fsp3) is 0.280. The third-order valence-corrected chi connectivity index (χ3v) is 7.47. The number of rotatable bonds is 1. The molecule has 0 unspecified atom stereocenters. The summed E-state index contributed by atoms with van der Waals surface area (Å²) in [6.07, 6.45) is 9.38. The molecule has 2 aromatic carbocycles. The van der Waals surface area contributed by atoms with Crippen LogP contribution in [0.2, 0.25) is 0 Å². The summed E-state index contributed by atoms with van der Waals surface area (Å²) < 4.78 is 1.49. The van der Waals surface area contributed by atoms with Crippen LogP contribution >= 0.6 is 22.6 Å². The number of benzene rings is 2. The third-order valence-electron chi connectivity index (χ3n) is 6.35. The van der Waals surface area contributed by atoms with Crippen molar-refractivity contribution < 1.29 is 0 Å². The van der Waals surface area contributed by atoms with Crippen molar-refractivity contribution in [2.24, 2.45) is 0 Å². The molecule has 0 fully saturated rings. The fourth-order valence-electron chi connectivity index (χ4n) is 4.97. The van der Waals surface area contributed by atoms with Gasteiger partial charge in [-0.1, -0.05) is 62.4 Å². The van der Waals surface area contributed by atoms with Gasteiger partial charge in [0.1, 0.15) is 0 Å². The molecule has 0 nitrogen and oxygen atoms in total. The Bertz CT molecular complexity index is 1110. The van der Waals surface area contributed by atoms with Crippen molar-refractivity contribution >= 4 is 37.3 Å². The van der Waals surface area contributed by atoms with Gasteiger partial charge in [-0.2, -0.15) is 0 Å². The van der Waals surface area contributed by atoms with E-state index in [1.54, 1.807) is 5.57 Å². The van der Waals surface area contributed by atoms with E-state index in [9.17, 15) is 0 Å². The molecule has 130 valence electrons. The van der Waals surface area contributed by atoms with Gasteiger partial charge in [-0.15, -0.1) is 0 Å². The third kappa shape index (κ3) is 2.32. The largest absolute Gasteiger partial charge is 0.0839 e. The zero-order valence-corrected chi connectivity index (χ0v) is 17.6. The Kier molecular flexibility index (Phi) is 3.79. The molecule has 0 heterocycles. The van der Waals surface area contributed by atoms with Gasteiger partial charge in [-0.05, 0) is 102 Å². The van der Waals surface area contributed by atoms with Gasteiger partial charge in [-0.3, -0.25) is 0 Å². The van der Waals surface area contributed by atoms with Gasteiger partial charge >= 0.3 is 0 Å². The van der Waals surface area contributed by atoms with E-state index in [4.69, 9.17) is 0 Å². The minimum Gasteiger partial charge on any atom is -0.0839 e. The highest BCUT2D eigenvalue weighted by Crippen LogP contribution is 2.50. The smallest absolute Gasteiger partial charge is 0.0155 e. The molecule has 0 N–H and O–H groups in total. The molecule has 3 aliphatic rings. The van der Waals surface area contributed by atoms with Crippen molar-refractivity contribution in [2.45, 2.75) is 44.9 Å². The van der Waals surface area contributed by atoms with Crippen molar-refractivity contribution in [2.75, 3.05) is 0 Å². The van der Waals surface area contributed by atoms with Crippen LogP contribution in [0.4, 0.5) is 0 Å². The number of hydrogen-bond donors (Lipinski definition) is 0. The van der Waals surface area contributed by atoms with Crippen LogP contribution in [0.5, 0.6) is 0 Å². The number of halogens is 1. The van der Waals surface area contributed by atoms with E-state index in [1.165, 1.54) is 54.7 Å². The van der Waals surface area contributed by atoms with Gasteiger partial charge in [0.05, 0.1) is 0 Å². The minimum atomic E-state index is 0.118. The van der Waals surface area contributed by atoms with Crippen LogP contribution in [-0.2, 0) is 5.41 Å². The van der Waals surface area contributed by atoms with E-state index in [0.29, 0.717) is 0 Å². The zero-order valence-electron chi connectivity index (χ0n) is 15.4. The normalized spacial score (nSPS) is 20.1. The van der Waals surface area contributed by atoms with E-state index >= 15 is 0 Å². The first kappa shape index (κ1) is 16.6. The molecular formula is C25H23I. The standard InChI is InChI=1S/C25H23I/c1-25(2)22-10-6-5-8-19(22)20-12-11-16(15-23(20)25)17-13-14-24(26)21-9-4-3-7-18(17)21/h3-4,6-7,9-12,15H,5,8,13-14H2,1-2H3. The first-order valence-corrected chi connectivity index (χ1v) is 10.7. The second-order valence-corrected chi connectivity index (χ2v) is 9.45. The summed E-state index contributed by atoms with van der Waals surface area (Å²) in [6.45, 7) is 4.79. The molecule has 2 aromatic rings. The Morgan fingerprint density at radius 3 is 2.54 bits per heavy atom. The lowest BCUT2D eigenvalue weighted by molar-refractivity contribution is 0.651. The average Bonchev–Trinajstić information content (AvgIpc) is 2.90. The summed E-state index contributed by atoms with van der Waals surface area (Å²) in [5, 5.41) is 2.85. The topological polar surface area (TPSA) is 0 Å². The summed E-state index contributed by atoms with van der Waals surface area (Å²) >= 11 is 2.52. The van der Waals surface area contributed by atoms with Crippen LogP contribution in [0.25, 0.3) is 14.7 Å². The summed E-state index contributed by atoms with van der Waals surface area (Å²) in [7, 11) is 0. The number of allylic oxidation sites excluding steroid dienone is 4. The summed E-state index contributed by atoms with van der Waals surface area (Å²) in [5.41, 5.74) is 9.16. The maximum Gasteiger partial charge on any atom is 0.0155 e. The molecule has 0 spiro atoms. The van der Waals surface area contributed by atoms with Crippen LogP contribution in [0.1, 0.15) is 56.2 Å². The van der Waals surface area contributed by atoms with Crippen molar-refractivity contribution in [1.82, 2.24) is 0 Å². The highest BCUT2D eigenvalue weighted by atomic mass is 127. The molecule has 0 amide bonds. The first-order valence-electron chi connectivity index (χ1n) is 9.60. The van der Waals surface area contributed by atoms with Gasteiger partial charge < -0.3 is 0 Å². The van der Waals surface area contributed by atoms with E-state index in [2.05, 4.69) is 91.1 Å². The maximum absolute atomic E-state index is 2.52. The fourth-order valence-corrected chi connectivity index (χ4v) is 5.71. The highest BCUT2D eigenvalue weighted by molar-refractivity contribution is 14.1. The number of fused-ring (bicyclic) bond motifs is 3. The molecule has 0 saturated heterocycles. The minimum absolute atomic E-state index is 0.118. The molecule has 0 aliphatic heterocycles. The molecular weight excluding hydrogens is 427 g/mol. The lowest BCUT2D eigenvalue weighted by Gasteiger charge is -2.25. The predicted molar refractivity (Wildman–Crippen MR) is 120 cm³/mol. The Hall–Kier alpha value is -1.61. The van der Waals surface area contributed by atoms with Gasteiger partial charge in [0.25, 0.3) is 0 Å². The Balaban J connectivity index is 1.74.